The Labute approximate surface area is 181 Å². The van der Waals surface area contributed by atoms with Gasteiger partial charge in [-0.25, -0.2) is 0 Å². The maximum atomic E-state index is 12.9. The van der Waals surface area contributed by atoms with E-state index in [0.29, 0.717) is 20.4 Å². The number of fused-ring (bicyclic) bond motifs is 2. The number of amides is 1. The van der Waals surface area contributed by atoms with Gasteiger partial charge in [-0.3, -0.25) is 9.69 Å². The normalized spacial score (nSPS) is 20.7. The molecule has 1 aliphatic carbocycles. The van der Waals surface area contributed by atoms with Crippen LogP contribution < -0.4 is 0 Å². The minimum Gasteiger partial charge on any atom is -0.361 e. The van der Waals surface area contributed by atoms with Crippen LogP contribution >= 0.6 is 11.1 Å². The molecule has 1 aromatic heterocycles. The SMILES string of the molecule is CC(C)[Si]Cl.CCN(CC)C(=O)[C@@H]1C=C2c3cccc4[nH]cc(c34)C[C@H]2N(C)C1. The van der Waals surface area contributed by atoms with E-state index in [1.807, 2.05) is 4.90 Å². The molecular formula is C23H32ClN3OSi. The molecule has 0 fully saturated rings. The number of nitrogens with one attached hydrogen (secondary N) is 1. The molecule has 0 bridgehead atoms. The number of carbonyl (C=O) groups excluding carboxylic acids is 1. The molecule has 1 N–H and O–H groups in total. The van der Waals surface area contributed by atoms with Crippen LogP contribution in [-0.2, 0) is 11.2 Å². The molecule has 1 amide bonds. The van der Waals surface area contributed by atoms with Gasteiger partial charge in [0.1, 0.15) is 0 Å². The zero-order valence-electron chi connectivity index (χ0n) is 18.1. The van der Waals surface area contributed by atoms with Crippen molar-refractivity contribution in [1.82, 2.24) is 14.8 Å². The molecule has 1 aromatic carbocycles. The number of aromatic nitrogens is 1. The van der Waals surface area contributed by atoms with Crippen molar-refractivity contribution in [3.63, 3.8) is 0 Å². The Hall–Kier alpha value is -1.56. The summed E-state index contributed by atoms with van der Waals surface area (Å²) < 4.78 is 0. The first-order chi connectivity index (χ1) is 13.9. The van der Waals surface area contributed by atoms with Gasteiger partial charge in [-0.1, -0.05) is 32.1 Å². The third kappa shape index (κ3) is 4.47. The fraction of sp³-hybridized carbons (Fsp3) is 0.522. The van der Waals surface area contributed by atoms with Gasteiger partial charge in [-0.2, -0.15) is 11.1 Å². The summed E-state index contributed by atoms with van der Waals surface area (Å²) in [5, 5.41) is 1.34. The van der Waals surface area contributed by atoms with Crippen LogP contribution in [0.2, 0.25) is 5.54 Å². The average molecular weight is 430 g/mol. The zero-order valence-corrected chi connectivity index (χ0v) is 19.9. The van der Waals surface area contributed by atoms with Gasteiger partial charge >= 0.3 is 0 Å². The first kappa shape index (κ1) is 22.1. The smallest absolute Gasteiger partial charge is 0.230 e. The van der Waals surface area contributed by atoms with Gasteiger partial charge in [0.25, 0.3) is 0 Å². The van der Waals surface area contributed by atoms with Crippen LogP contribution in [0.3, 0.4) is 0 Å². The molecule has 6 heteroatoms. The maximum absolute atomic E-state index is 12.9. The highest BCUT2D eigenvalue weighted by Crippen LogP contribution is 2.40. The number of benzene rings is 1. The van der Waals surface area contributed by atoms with E-state index in [2.05, 4.69) is 75.1 Å². The second kappa shape index (κ2) is 9.50. The molecule has 1 aliphatic heterocycles. The van der Waals surface area contributed by atoms with Gasteiger partial charge in [0.05, 0.1) is 5.92 Å². The van der Waals surface area contributed by atoms with Gasteiger partial charge < -0.3 is 9.88 Å². The van der Waals surface area contributed by atoms with Crippen molar-refractivity contribution in [2.24, 2.45) is 5.92 Å². The van der Waals surface area contributed by atoms with Crippen LogP contribution in [0.25, 0.3) is 16.5 Å². The topological polar surface area (TPSA) is 39.3 Å². The molecule has 0 spiro atoms. The Bertz CT molecular complexity index is 887. The summed E-state index contributed by atoms with van der Waals surface area (Å²) >= 11 is 5.36. The third-order valence-electron chi connectivity index (χ3n) is 5.88. The van der Waals surface area contributed by atoms with Crippen molar-refractivity contribution < 1.29 is 4.79 Å². The lowest BCUT2D eigenvalue weighted by Crippen LogP contribution is -2.47. The number of nitrogens with zero attached hydrogens (tertiary/aromatic N) is 2. The van der Waals surface area contributed by atoms with E-state index in [0.717, 1.165) is 26.1 Å². The Morgan fingerprint density at radius 3 is 2.66 bits per heavy atom. The zero-order chi connectivity index (χ0) is 21.1. The van der Waals surface area contributed by atoms with Crippen LogP contribution in [0, 0.1) is 5.92 Å². The van der Waals surface area contributed by atoms with Crippen LogP contribution in [0.4, 0.5) is 0 Å². The van der Waals surface area contributed by atoms with Crippen molar-refractivity contribution in [1.29, 1.82) is 0 Å². The molecule has 2 aromatic rings. The van der Waals surface area contributed by atoms with Crippen molar-refractivity contribution >= 4 is 42.3 Å². The molecular weight excluding hydrogens is 398 g/mol. The van der Waals surface area contributed by atoms with E-state index >= 15 is 0 Å². The molecule has 0 saturated heterocycles. The Morgan fingerprint density at radius 2 is 2.03 bits per heavy atom. The van der Waals surface area contributed by atoms with E-state index < -0.39 is 0 Å². The van der Waals surface area contributed by atoms with Crippen LogP contribution in [-0.4, -0.2) is 62.2 Å². The summed E-state index contributed by atoms with van der Waals surface area (Å²) in [5.41, 5.74) is 5.89. The molecule has 2 heterocycles. The fourth-order valence-corrected chi connectivity index (χ4v) is 4.38. The van der Waals surface area contributed by atoms with E-state index in [4.69, 9.17) is 11.1 Å². The lowest BCUT2D eigenvalue weighted by atomic mass is 9.79. The molecule has 4 rings (SSSR count). The number of likely N-dealkylation sites (N-methyl/N-ethyl adjacent to an activating group) is 1. The number of hydrogen-bond acceptors (Lipinski definition) is 2. The molecule has 2 atom stereocenters. The minimum absolute atomic E-state index is 0.0445. The second-order valence-corrected chi connectivity index (χ2v) is 10.2. The van der Waals surface area contributed by atoms with Gasteiger partial charge in [-0.05, 0) is 55.6 Å². The standard InChI is InChI=1S/C20H25N3O.C3H7ClSi/c1-4-23(5-2)20(24)14-9-16-15-7-6-8-17-19(15)13(11-21-17)10-18(16)22(3)12-14;1-3(2)5-4/h6-9,11,14,18,21H,4-5,10,12H2,1-3H3;3H,1-2H3/t14-,18-;/m1./s1. The lowest BCUT2D eigenvalue weighted by Gasteiger charge is -2.40. The van der Waals surface area contributed by atoms with E-state index in [1.54, 1.807) is 0 Å². The molecule has 2 aliphatic rings. The van der Waals surface area contributed by atoms with Crippen molar-refractivity contribution in [3.8, 4) is 0 Å². The van der Waals surface area contributed by atoms with Gasteiger partial charge in [0, 0.05) is 42.8 Å². The first-order valence-corrected chi connectivity index (χ1v) is 12.7. The number of aromatic amines is 1. The maximum Gasteiger partial charge on any atom is 0.230 e. The Morgan fingerprint density at radius 1 is 1.34 bits per heavy atom. The highest BCUT2D eigenvalue weighted by molar-refractivity contribution is 6.94. The molecule has 29 heavy (non-hydrogen) atoms. The van der Waals surface area contributed by atoms with Gasteiger partial charge in [-0.15, -0.1) is 0 Å². The Kier molecular flexibility index (Phi) is 7.25. The third-order valence-corrected chi connectivity index (χ3v) is 7.62. The molecule has 0 unspecified atom stereocenters. The summed E-state index contributed by atoms with van der Waals surface area (Å²) in [6.45, 7) is 10.7. The predicted octanol–water partition coefficient (Wildman–Crippen LogP) is 4.58. The van der Waals surface area contributed by atoms with Crippen LogP contribution in [0.15, 0.2) is 30.5 Å². The number of rotatable bonds is 4. The fourth-order valence-electron chi connectivity index (χ4n) is 4.38. The average Bonchev–Trinajstić information content (AvgIpc) is 3.14. The monoisotopic (exact) mass is 429 g/mol. The number of H-pyrrole nitrogens is 1. The van der Waals surface area contributed by atoms with E-state index in [-0.39, 0.29) is 11.8 Å². The number of halogens is 1. The number of hydrogen-bond donors (Lipinski definition) is 1. The molecule has 0 saturated carbocycles. The predicted molar refractivity (Wildman–Crippen MR) is 125 cm³/mol. The molecule has 4 nitrogen and oxygen atoms in total. The summed E-state index contributed by atoms with van der Waals surface area (Å²) in [6, 6.07) is 6.82. The molecule has 2 radical (unpaired) electrons. The van der Waals surface area contributed by atoms with E-state index in [9.17, 15) is 4.79 Å². The quantitative estimate of drug-likeness (QED) is 0.570. The Balaban J connectivity index is 0.000000431. The van der Waals surface area contributed by atoms with Crippen LogP contribution in [0.1, 0.15) is 38.8 Å². The highest BCUT2D eigenvalue weighted by atomic mass is 35.6. The van der Waals surface area contributed by atoms with Crippen molar-refractivity contribution in [2.45, 2.75) is 45.7 Å². The lowest BCUT2D eigenvalue weighted by molar-refractivity contribution is -0.134. The van der Waals surface area contributed by atoms with E-state index in [1.165, 1.54) is 27.6 Å². The summed E-state index contributed by atoms with van der Waals surface area (Å²) in [5.74, 6) is 0.210. The summed E-state index contributed by atoms with van der Waals surface area (Å²) in [6.07, 6.45) is 5.41. The van der Waals surface area contributed by atoms with Gasteiger partial charge in [0.2, 0.25) is 5.91 Å². The largest absolute Gasteiger partial charge is 0.361 e. The van der Waals surface area contributed by atoms with Crippen molar-refractivity contribution in [2.75, 3.05) is 26.7 Å². The summed E-state index contributed by atoms with van der Waals surface area (Å²) in [4.78, 5) is 20.6. The first-order valence-electron chi connectivity index (χ1n) is 10.6. The van der Waals surface area contributed by atoms with Gasteiger partial charge in [0.15, 0.2) is 8.83 Å². The van der Waals surface area contributed by atoms with Crippen LogP contribution in [0.5, 0.6) is 0 Å². The second-order valence-electron chi connectivity index (χ2n) is 8.20. The molecule has 156 valence electrons. The number of carbonyl (C=O) groups is 1. The minimum atomic E-state index is -0.0445. The summed E-state index contributed by atoms with van der Waals surface area (Å²) in [7, 11) is 2.74. The van der Waals surface area contributed by atoms with Crippen molar-refractivity contribution in [3.05, 3.63) is 41.6 Å². The highest BCUT2D eigenvalue weighted by Gasteiger charge is 2.36.